The lowest BCUT2D eigenvalue weighted by molar-refractivity contribution is 0.174. The molecule has 0 aliphatic carbocycles. The van der Waals surface area contributed by atoms with E-state index < -0.39 is 0 Å². The smallest absolute Gasteiger partial charge is 0.249 e. The molecule has 7 heteroatoms. The van der Waals surface area contributed by atoms with Crippen LogP contribution in [0.3, 0.4) is 0 Å². The summed E-state index contributed by atoms with van der Waals surface area (Å²) in [4.78, 5) is 0. The Morgan fingerprint density at radius 1 is 0.862 bits per heavy atom. The van der Waals surface area contributed by atoms with Gasteiger partial charge in [0.15, 0.2) is 11.5 Å². The minimum atomic E-state index is -0.347. The predicted octanol–water partition coefficient (Wildman–Crippen LogP) is 5.32. The zero-order valence-electron chi connectivity index (χ0n) is 15.2. The van der Waals surface area contributed by atoms with Crippen LogP contribution in [0.1, 0.15) is 17.5 Å². The summed E-state index contributed by atoms with van der Waals surface area (Å²) >= 11 is 6.28. The third kappa shape index (κ3) is 3.50. The quantitative estimate of drug-likeness (QED) is 0.484. The molecular formula is C22H16ClN3O3. The fourth-order valence-corrected chi connectivity index (χ4v) is 3.40. The topological polar surface area (TPSA) is 69.4 Å². The van der Waals surface area contributed by atoms with Crippen molar-refractivity contribution in [2.75, 3.05) is 12.1 Å². The van der Waals surface area contributed by atoms with Gasteiger partial charge >= 0.3 is 0 Å². The van der Waals surface area contributed by atoms with Crippen LogP contribution in [0.2, 0.25) is 5.02 Å². The van der Waals surface area contributed by atoms with Crippen LogP contribution in [0.25, 0.3) is 11.5 Å². The van der Waals surface area contributed by atoms with Gasteiger partial charge in [0.25, 0.3) is 0 Å². The summed E-state index contributed by atoms with van der Waals surface area (Å²) in [6.45, 7) is 0.228. The summed E-state index contributed by atoms with van der Waals surface area (Å²) in [7, 11) is 0. The minimum Gasteiger partial charge on any atom is -0.454 e. The van der Waals surface area contributed by atoms with Crippen molar-refractivity contribution >= 4 is 17.3 Å². The van der Waals surface area contributed by atoms with Crippen molar-refractivity contribution in [1.82, 2.24) is 10.2 Å². The number of ether oxygens (including phenoxy) is 2. The SMILES string of the molecule is Clc1ccccc1-c1nnc([C@@H](Nc2ccc3c(c2)OCO3)c2ccccc2)o1. The summed E-state index contributed by atoms with van der Waals surface area (Å²) in [5, 5.41) is 12.5. The van der Waals surface area contributed by atoms with E-state index in [9.17, 15) is 0 Å². The van der Waals surface area contributed by atoms with Crippen molar-refractivity contribution in [3.63, 3.8) is 0 Å². The van der Waals surface area contributed by atoms with Crippen LogP contribution in [0.5, 0.6) is 11.5 Å². The van der Waals surface area contributed by atoms with Crippen molar-refractivity contribution in [1.29, 1.82) is 0 Å². The zero-order valence-corrected chi connectivity index (χ0v) is 16.0. The molecule has 3 aromatic carbocycles. The molecule has 1 aliphatic rings. The van der Waals surface area contributed by atoms with Crippen molar-refractivity contribution in [2.24, 2.45) is 0 Å². The highest BCUT2D eigenvalue weighted by atomic mass is 35.5. The van der Waals surface area contributed by atoms with E-state index in [2.05, 4.69) is 15.5 Å². The van der Waals surface area contributed by atoms with Crippen LogP contribution < -0.4 is 14.8 Å². The van der Waals surface area contributed by atoms with Gasteiger partial charge in [0, 0.05) is 11.8 Å². The first-order valence-corrected chi connectivity index (χ1v) is 9.45. The standard InChI is InChI=1S/C22H16ClN3O3/c23-17-9-5-4-8-16(17)21-25-26-22(29-21)20(14-6-2-1-3-7-14)24-15-10-11-18-19(12-15)28-13-27-18/h1-12,20,24H,13H2/t20-/m0/s1. The maximum Gasteiger partial charge on any atom is 0.249 e. The summed E-state index contributed by atoms with van der Waals surface area (Å²) < 4.78 is 16.9. The lowest BCUT2D eigenvalue weighted by Gasteiger charge is -2.17. The van der Waals surface area contributed by atoms with Gasteiger partial charge in [0.2, 0.25) is 18.6 Å². The van der Waals surface area contributed by atoms with E-state index in [-0.39, 0.29) is 12.8 Å². The number of hydrogen-bond acceptors (Lipinski definition) is 6. The number of anilines is 1. The van der Waals surface area contributed by atoms with Gasteiger partial charge in [-0.1, -0.05) is 54.1 Å². The number of rotatable bonds is 5. The molecule has 29 heavy (non-hydrogen) atoms. The maximum atomic E-state index is 6.28. The molecular weight excluding hydrogens is 390 g/mol. The van der Waals surface area contributed by atoms with Crippen LogP contribution in [0, 0.1) is 0 Å². The lowest BCUT2D eigenvalue weighted by atomic mass is 10.1. The van der Waals surface area contributed by atoms with Crippen molar-refractivity contribution in [3.8, 4) is 23.0 Å². The van der Waals surface area contributed by atoms with E-state index >= 15 is 0 Å². The number of halogens is 1. The van der Waals surface area contributed by atoms with Gasteiger partial charge < -0.3 is 19.2 Å². The Bertz CT molecular complexity index is 1150. The van der Waals surface area contributed by atoms with Crippen LogP contribution in [-0.4, -0.2) is 17.0 Å². The van der Waals surface area contributed by atoms with E-state index in [1.54, 1.807) is 6.07 Å². The van der Waals surface area contributed by atoms with E-state index in [4.69, 9.17) is 25.5 Å². The Morgan fingerprint density at radius 3 is 2.52 bits per heavy atom. The van der Waals surface area contributed by atoms with E-state index in [1.807, 2.05) is 66.7 Å². The summed E-state index contributed by atoms with van der Waals surface area (Å²) in [6, 6.07) is 22.6. The number of nitrogens with zero attached hydrogens (tertiary/aromatic N) is 2. The Morgan fingerprint density at radius 2 is 1.66 bits per heavy atom. The molecule has 1 atom stereocenters. The number of fused-ring (bicyclic) bond motifs is 1. The van der Waals surface area contributed by atoms with Crippen molar-refractivity contribution in [2.45, 2.75) is 6.04 Å². The number of aromatic nitrogens is 2. The van der Waals surface area contributed by atoms with Crippen LogP contribution in [-0.2, 0) is 0 Å². The molecule has 1 N–H and O–H groups in total. The van der Waals surface area contributed by atoms with Gasteiger partial charge in [0.1, 0.15) is 6.04 Å². The number of hydrogen-bond donors (Lipinski definition) is 1. The Kier molecular flexibility index (Phi) is 4.54. The first kappa shape index (κ1) is 17.6. The first-order valence-electron chi connectivity index (χ1n) is 9.07. The van der Waals surface area contributed by atoms with Gasteiger partial charge in [0.05, 0.1) is 10.6 Å². The highest BCUT2D eigenvalue weighted by Gasteiger charge is 2.23. The second kappa shape index (κ2) is 7.48. The molecule has 0 radical (unpaired) electrons. The highest BCUT2D eigenvalue weighted by molar-refractivity contribution is 6.33. The minimum absolute atomic E-state index is 0.228. The molecule has 0 amide bonds. The summed E-state index contributed by atoms with van der Waals surface area (Å²) in [6.07, 6.45) is 0. The normalized spacial score (nSPS) is 13.3. The molecule has 0 saturated carbocycles. The van der Waals surface area contributed by atoms with E-state index in [0.29, 0.717) is 28.1 Å². The molecule has 1 aromatic heterocycles. The lowest BCUT2D eigenvalue weighted by Crippen LogP contribution is -2.12. The second-order valence-corrected chi connectivity index (χ2v) is 6.89. The largest absolute Gasteiger partial charge is 0.454 e. The average Bonchev–Trinajstić information content (AvgIpc) is 3.42. The third-order valence-corrected chi connectivity index (χ3v) is 4.94. The number of benzene rings is 3. The van der Waals surface area contributed by atoms with Gasteiger partial charge in [-0.2, -0.15) is 0 Å². The summed E-state index contributed by atoms with van der Waals surface area (Å²) in [5.74, 6) is 2.23. The number of nitrogens with one attached hydrogen (secondary N) is 1. The van der Waals surface area contributed by atoms with Gasteiger partial charge in [-0.3, -0.25) is 0 Å². The molecule has 0 spiro atoms. The van der Waals surface area contributed by atoms with Gasteiger partial charge in [-0.15, -0.1) is 10.2 Å². The monoisotopic (exact) mass is 405 g/mol. The Balaban J connectivity index is 1.51. The molecule has 1 aliphatic heterocycles. The van der Waals surface area contributed by atoms with Crippen molar-refractivity contribution in [3.05, 3.63) is 89.3 Å². The molecule has 4 aromatic rings. The molecule has 5 rings (SSSR count). The molecule has 0 unspecified atom stereocenters. The Labute approximate surface area is 172 Å². The fraction of sp³-hybridized carbons (Fsp3) is 0.0909. The van der Waals surface area contributed by atoms with Gasteiger partial charge in [-0.05, 0) is 29.8 Å². The van der Waals surface area contributed by atoms with Crippen molar-refractivity contribution < 1.29 is 13.9 Å². The Hall–Kier alpha value is -3.51. The zero-order chi connectivity index (χ0) is 19.6. The highest BCUT2D eigenvalue weighted by Crippen LogP contribution is 2.36. The second-order valence-electron chi connectivity index (χ2n) is 6.48. The molecule has 0 saturated heterocycles. The molecule has 144 valence electrons. The van der Waals surface area contributed by atoms with E-state index in [1.165, 1.54) is 0 Å². The fourth-order valence-electron chi connectivity index (χ4n) is 3.18. The van der Waals surface area contributed by atoms with Crippen LogP contribution >= 0.6 is 11.6 Å². The molecule has 2 heterocycles. The predicted molar refractivity (Wildman–Crippen MR) is 109 cm³/mol. The molecule has 0 bridgehead atoms. The molecule has 0 fully saturated rings. The summed E-state index contributed by atoms with van der Waals surface area (Å²) in [5.41, 5.74) is 2.53. The van der Waals surface area contributed by atoms with Crippen LogP contribution in [0.15, 0.2) is 77.2 Å². The average molecular weight is 406 g/mol. The van der Waals surface area contributed by atoms with Gasteiger partial charge in [-0.25, -0.2) is 0 Å². The van der Waals surface area contributed by atoms with Crippen LogP contribution in [0.4, 0.5) is 5.69 Å². The van der Waals surface area contributed by atoms with E-state index in [0.717, 1.165) is 17.0 Å². The first-order chi connectivity index (χ1) is 14.3. The maximum absolute atomic E-state index is 6.28. The third-order valence-electron chi connectivity index (χ3n) is 4.61. The molecule has 6 nitrogen and oxygen atoms in total.